The highest BCUT2D eigenvalue weighted by Crippen LogP contribution is 2.24. The van der Waals surface area contributed by atoms with Crippen LogP contribution in [0.5, 0.6) is 0 Å². The molecule has 0 saturated carbocycles. The number of hydrogen-bond donors (Lipinski definition) is 2. The van der Waals surface area contributed by atoms with Gasteiger partial charge in [0.25, 0.3) is 0 Å². The van der Waals surface area contributed by atoms with Gasteiger partial charge in [0.05, 0.1) is 0 Å². The van der Waals surface area contributed by atoms with E-state index in [1.807, 2.05) is 13.8 Å². The van der Waals surface area contributed by atoms with Crippen LogP contribution in [0.1, 0.15) is 33.6 Å². The summed E-state index contributed by atoms with van der Waals surface area (Å²) < 4.78 is 42.7. The van der Waals surface area contributed by atoms with Crippen molar-refractivity contribution in [1.29, 1.82) is 0 Å². The largest absolute Gasteiger partial charge is 0.408 e. The number of alkyl halides is 3. The lowest BCUT2D eigenvalue weighted by Gasteiger charge is -2.39. The van der Waals surface area contributed by atoms with Crippen LogP contribution in [0.2, 0.25) is 0 Å². The van der Waals surface area contributed by atoms with Gasteiger partial charge in [-0.3, -0.25) is 4.79 Å². The van der Waals surface area contributed by atoms with Crippen molar-refractivity contribution in [2.45, 2.75) is 57.4 Å². The van der Waals surface area contributed by atoms with Crippen LogP contribution in [0.15, 0.2) is 0 Å². The molecule has 4 nitrogen and oxygen atoms in total. The minimum Gasteiger partial charge on any atom is -0.381 e. The first kappa shape index (κ1) is 16.2. The summed E-state index contributed by atoms with van der Waals surface area (Å²) in [5.74, 6) is -0.602. The smallest absolute Gasteiger partial charge is 0.381 e. The molecule has 1 unspecified atom stereocenters. The van der Waals surface area contributed by atoms with Crippen molar-refractivity contribution in [1.82, 2.24) is 10.6 Å². The number of ether oxygens (including phenoxy) is 1. The molecule has 112 valence electrons. The van der Waals surface area contributed by atoms with E-state index >= 15 is 0 Å². The molecule has 0 aromatic heterocycles. The zero-order valence-corrected chi connectivity index (χ0v) is 11.4. The predicted octanol–water partition coefficient (Wildman–Crippen LogP) is 1.60. The molecular weight excluding hydrogens is 261 g/mol. The molecule has 1 aliphatic rings. The Morgan fingerprint density at radius 3 is 2.16 bits per heavy atom. The van der Waals surface area contributed by atoms with Crippen LogP contribution < -0.4 is 10.6 Å². The van der Waals surface area contributed by atoms with E-state index in [1.54, 1.807) is 0 Å². The Hall–Kier alpha value is -0.820. The Balaban J connectivity index is 2.77. The van der Waals surface area contributed by atoms with Crippen LogP contribution in [0.3, 0.4) is 0 Å². The molecule has 1 rings (SSSR count). The van der Waals surface area contributed by atoms with Crippen molar-refractivity contribution in [3.63, 3.8) is 0 Å². The quantitative estimate of drug-likeness (QED) is 0.823. The van der Waals surface area contributed by atoms with Crippen molar-refractivity contribution < 1.29 is 22.7 Å². The first-order chi connectivity index (χ1) is 8.67. The van der Waals surface area contributed by atoms with Crippen LogP contribution >= 0.6 is 0 Å². The van der Waals surface area contributed by atoms with E-state index in [9.17, 15) is 18.0 Å². The molecule has 1 aliphatic heterocycles. The van der Waals surface area contributed by atoms with E-state index in [-0.39, 0.29) is 6.04 Å². The molecule has 0 aliphatic carbocycles. The number of amides is 1. The van der Waals surface area contributed by atoms with Gasteiger partial charge in [-0.2, -0.15) is 13.2 Å². The average Bonchev–Trinajstić information content (AvgIpc) is 2.27. The first-order valence-corrected chi connectivity index (χ1v) is 6.40. The van der Waals surface area contributed by atoms with Gasteiger partial charge in [0.15, 0.2) is 0 Å². The highest BCUT2D eigenvalue weighted by Gasteiger charge is 2.44. The number of rotatable bonds is 4. The zero-order valence-electron chi connectivity index (χ0n) is 11.4. The van der Waals surface area contributed by atoms with Gasteiger partial charge in [-0.05, 0) is 33.6 Å². The van der Waals surface area contributed by atoms with E-state index < -0.39 is 23.7 Å². The standard InChI is InChI=1S/C12H21F3N2O2/c1-8(2)17-11(4-6-19-7-5-11)10(18)16-9(3)12(13,14)15/h8-9,17H,4-7H2,1-3H3,(H,16,18). The van der Waals surface area contributed by atoms with Crippen LogP contribution in [0.25, 0.3) is 0 Å². The van der Waals surface area contributed by atoms with Crippen molar-refractivity contribution >= 4 is 5.91 Å². The fourth-order valence-electron chi connectivity index (χ4n) is 2.13. The van der Waals surface area contributed by atoms with Gasteiger partial charge in [-0.15, -0.1) is 0 Å². The lowest BCUT2D eigenvalue weighted by Crippen LogP contribution is -2.63. The second-order valence-electron chi connectivity index (χ2n) is 5.23. The van der Waals surface area contributed by atoms with E-state index in [4.69, 9.17) is 4.74 Å². The maximum Gasteiger partial charge on any atom is 0.408 e. The van der Waals surface area contributed by atoms with Gasteiger partial charge < -0.3 is 15.4 Å². The number of carbonyl (C=O) groups excluding carboxylic acids is 1. The lowest BCUT2D eigenvalue weighted by molar-refractivity contribution is -0.161. The molecule has 0 spiro atoms. The first-order valence-electron chi connectivity index (χ1n) is 6.40. The molecule has 0 bridgehead atoms. The van der Waals surface area contributed by atoms with E-state index in [0.29, 0.717) is 26.1 Å². The number of nitrogens with one attached hydrogen (secondary N) is 2. The Bertz CT molecular complexity index is 313. The van der Waals surface area contributed by atoms with E-state index in [2.05, 4.69) is 10.6 Å². The Morgan fingerprint density at radius 2 is 1.74 bits per heavy atom. The summed E-state index contributed by atoms with van der Waals surface area (Å²) in [6.07, 6.45) is -3.68. The minimum absolute atomic E-state index is 0.00467. The molecule has 7 heteroatoms. The highest BCUT2D eigenvalue weighted by molar-refractivity contribution is 5.86. The van der Waals surface area contributed by atoms with Gasteiger partial charge in [-0.25, -0.2) is 0 Å². The molecule has 1 atom stereocenters. The van der Waals surface area contributed by atoms with E-state index in [1.165, 1.54) is 0 Å². The van der Waals surface area contributed by atoms with Crippen LogP contribution in [0.4, 0.5) is 13.2 Å². The molecule has 19 heavy (non-hydrogen) atoms. The third-order valence-electron chi connectivity index (χ3n) is 3.18. The van der Waals surface area contributed by atoms with Crippen LogP contribution in [0, 0.1) is 0 Å². The summed E-state index contributed by atoms with van der Waals surface area (Å²) in [5, 5.41) is 5.15. The van der Waals surface area contributed by atoms with Crippen molar-refractivity contribution in [2.24, 2.45) is 0 Å². The topological polar surface area (TPSA) is 50.4 Å². The van der Waals surface area contributed by atoms with Crippen molar-refractivity contribution in [2.75, 3.05) is 13.2 Å². The molecule has 0 aromatic rings. The van der Waals surface area contributed by atoms with Gasteiger partial charge in [0.2, 0.25) is 5.91 Å². The molecular formula is C12H21F3N2O2. The second-order valence-corrected chi connectivity index (χ2v) is 5.23. The van der Waals surface area contributed by atoms with Crippen LogP contribution in [-0.2, 0) is 9.53 Å². The average molecular weight is 282 g/mol. The van der Waals surface area contributed by atoms with Crippen molar-refractivity contribution in [3.05, 3.63) is 0 Å². The molecule has 1 saturated heterocycles. The van der Waals surface area contributed by atoms with Gasteiger partial charge in [0.1, 0.15) is 11.6 Å². The highest BCUT2D eigenvalue weighted by atomic mass is 19.4. The summed E-state index contributed by atoms with van der Waals surface area (Å²) in [6.45, 7) is 5.40. The Labute approximate surface area is 111 Å². The fourth-order valence-corrected chi connectivity index (χ4v) is 2.13. The molecule has 0 aromatic carbocycles. The number of carbonyl (C=O) groups is 1. The number of hydrogen-bond acceptors (Lipinski definition) is 3. The summed E-state index contributed by atoms with van der Waals surface area (Å²) in [7, 11) is 0. The molecule has 1 fully saturated rings. The molecule has 0 radical (unpaired) electrons. The summed E-state index contributed by atoms with van der Waals surface area (Å²) >= 11 is 0. The fraction of sp³-hybridized carbons (Fsp3) is 0.917. The third-order valence-corrected chi connectivity index (χ3v) is 3.18. The number of halogens is 3. The summed E-state index contributed by atoms with van der Waals surface area (Å²) in [4.78, 5) is 12.2. The Morgan fingerprint density at radius 1 is 1.21 bits per heavy atom. The van der Waals surface area contributed by atoms with Gasteiger partial charge in [-0.1, -0.05) is 0 Å². The molecule has 1 amide bonds. The second kappa shape index (κ2) is 6.09. The summed E-state index contributed by atoms with van der Waals surface area (Å²) in [5.41, 5.74) is -0.966. The molecule has 1 heterocycles. The lowest BCUT2D eigenvalue weighted by atomic mass is 9.88. The molecule has 2 N–H and O–H groups in total. The zero-order chi connectivity index (χ0) is 14.7. The normalized spacial score (nSPS) is 21.2. The SMILES string of the molecule is CC(C)NC1(C(=O)NC(C)C(F)(F)F)CCOCC1. The minimum atomic E-state index is -4.43. The van der Waals surface area contributed by atoms with Gasteiger partial charge >= 0.3 is 6.18 Å². The van der Waals surface area contributed by atoms with Gasteiger partial charge in [0, 0.05) is 19.3 Å². The van der Waals surface area contributed by atoms with E-state index in [0.717, 1.165) is 6.92 Å². The monoisotopic (exact) mass is 282 g/mol. The maximum absolute atomic E-state index is 12.5. The van der Waals surface area contributed by atoms with Crippen molar-refractivity contribution in [3.8, 4) is 0 Å². The maximum atomic E-state index is 12.5. The predicted molar refractivity (Wildman–Crippen MR) is 64.7 cm³/mol. The Kier molecular flexibility index (Phi) is 5.20. The summed E-state index contributed by atoms with van der Waals surface area (Å²) in [6, 6.07) is -1.85. The third kappa shape index (κ3) is 4.35. The van der Waals surface area contributed by atoms with Crippen LogP contribution in [-0.4, -0.2) is 42.9 Å².